The smallest absolute Gasteiger partial charge is 0.123 e. The third-order valence-electron chi connectivity index (χ3n) is 5.06. The van der Waals surface area contributed by atoms with E-state index in [1.54, 1.807) is 0 Å². The molecule has 3 rings (SSSR count). The van der Waals surface area contributed by atoms with Crippen molar-refractivity contribution in [3.63, 3.8) is 0 Å². The van der Waals surface area contributed by atoms with Crippen molar-refractivity contribution in [3.8, 4) is 5.75 Å². The van der Waals surface area contributed by atoms with Gasteiger partial charge in [0.1, 0.15) is 12.4 Å². The maximum atomic E-state index is 9.71. The Morgan fingerprint density at radius 1 is 0.862 bits per heavy atom. The lowest BCUT2D eigenvalue weighted by molar-refractivity contribution is 0.280. The molecule has 0 spiro atoms. The number of aliphatic hydroxyl groups excluding tert-OH is 1. The lowest BCUT2D eigenvalue weighted by atomic mass is 9.87. The third-order valence-corrected chi connectivity index (χ3v) is 5.06. The standard InChI is InChI=1S/C26H31NO2/c1-20(2)27-16-15-24(23-11-7-4-8-12-23)25-17-22(18-28)13-14-26(25)29-19-21-9-5-3-6-10-21/h3-14,17,20,24,27-28H,15-16,18-19H2,1-2H3/t24-/m1/s1. The van der Waals surface area contributed by atoms with Crippen molar-refractivity contribution in [2.75, 3.05) is 6.54 Å². The minimum atomic E-state index is 0.0255. The molecule has 0 radical (unpaired) electrons. The van der Waals surface area contributed by atoms with E-state index in [9.17, 15) is 5.11 Å². The highest BCUT2D eigenvalue weighted by molar-refractivity contribution is 5.44. The van der Waals surface area contributed by atoms with Crippen LogP contribution in [0.1, 0.15) is 48.4 Å². The van der Waals surface area contributed by atoms with Gasteiger partial charge in [-0.1, -0.05) is 80.6 Å². The fourth-order valence-corrected chi connectivity index (χ4v) is 3.54. The average molecular weight is 390 g/mol. The van der Waals surface area contributed by atoms with E-state index >= 15 is 0 Å². The predicted octanol–water partition coefficient (Wildman–Crippen LogP) is 5.28. The number of nitrogens with one attached hydrogen (secondary N) is 1. The highest BCUT2D eigenvalue weighted by atomic mass is 16.5. The van der Waals surface area contributed by atoms with Gasteiger partial charge < -0.3 is 15.2 Å². The van der Waals surface area contributed by atoms with Gasteiger partial charge in [-0.15, -0.1) is 0 Å². The Morgan fingerprint density at radius 3 is 2.21 bits per heavy atom. The van der Waals surface area contributed by atoms with Crippen LogP contribution in [0.2, 0.25) is 0 Å². The Hall–Kier alpha value is -2.62. The first-order valence-electron chi connectivity index (χ1n) is 10.4. The maximum Gasteiger partial charge on any atom is 0.123 e. The number of rotatable bonds is 10. The van der Waals surface area contributed by atoms with Gasteiger partial charge in [-0.2, -0.15) is 0 Å². The van der Waals surface area contributed by atoms with Crippen LogP contribution in [0, 0.1) is 0 Å². The molecule has 0 saturated heterocycles. The van der Waals surface area contributed by atoms with Crippen LogP contribution in [-0.2, 0) is 13.2 Å². The number of ether oxygens (including phenoxy) is 1. The molecule has 0 unspecified atom stereocenters. The number of hydrogen-bond donors (Lipinski definition) is 2. The van der Waals surface area contributed by atoms with Gasteiger partial charge in [-0.3, -0.25) is 0 Å². The second kappa shape index (κ2) is 10.8. The number of aliphatic hydroxyl groups is 1. The molecule has 29 heavy (non-hydrogen) atoms. The molecule has 0 aliphatic heterocycles. The highest BCUT2D eigenvalue weighted by Gasteiger charge is 2.19. The van der Waals surface area contributed by atoms with Crippen molar-refractivity contribution in [3.05, 3.63) is 101 Å². The SMILES string of the molecule is CC(C)NCC[C@H](c1ccccc1)c1cc(CO)ccc1OCc1ccccc1. The quantitative estimate of drug-likeness (QED) is 0.496. The van der Waals surface area contributed by atoms with Crippen molar-refractivity contribution in [1.29, 1.82) is 0 Å². The molecule has 0 aliphatic rings. The molecular formula is C26H31NO2. The van der Waals surface area contributed by atoms with Gasteiger partial charge >= 0.3 is 0 Å². The summed E-state index contributed by atoms with van der Waals surface area (Å²) >= 11 is 0. The molecular weight excluding hydrogens is 358 g/mol. The number of benzene rings is 3. The minimum absolute atomic E-state index is 0.0255. The molecule has 2 N–H and O–H groups in total. The second-order valence-corrected chi connectivity index (χ2v) is 7.67. The second-order valence-electron chi connectivity index (χ2n) is 7.67. The highest BCUT2D eigenvalue weighted by Crippen LogP contribution is 2.35. The summed E-state index contributed by atoms with van der Waals surface area (Å²) in [5.41, 5.74) is 4.44. The fourth-order valence-electron chi connectivity index (χ4n) is 3.54. The van der Waals surface area contributed by atoms with Crippen LogP contribution in [0.4, 0.5) is 0 Å². The van der Waals surface area contributed by atoms with E-state index in [2.05, 4.69) is 61.6 Å². The summed E-state index contributed by atoms with van der Waals surface area (Å²) in [6.07, 6.45) is 0.957. The Balaban J connectivity index is 1.91. The molecule has 0 amide bonds. The molecule has 0 saturated carbocycles. The molecule has 3 aromatic carbocycles. The zero-order valence-electron chi connectivity index (χ0n) is 17.3. The zero-order chi connectivity index (χ0) is 20.5. The zero-order valence-corrected chi connectivity index (χ0v) is 17.3. The van der Waals surface area contributed by atoms with E-state index < -0.39 is 0 Å². The molecule has 1 atom stereocenters. The van der Waals surface area contributed by atoms with E-state index in [-0.39, 0.29) is 12.5 Å². The molecule has 0 aromatic heterocycles. The molecule has 0 bridgehead atoms. The summed E-state index contributed by atoms with van der Waals surface area (Å²) < 4.78 is 6.25. The van der Waals surface area contributed by atoms with Crippen LogP contribution in [-0.4, -0.2) is 17.7 Å². The molecule has 0 aliphatic carbocycles. The topological polar surface area (TPSA) is 41.5 Å². The first-order valence-corrected chi connectivity index (χ1v) is 10.4. The van der Waals surface area contributed by atoms with Gasteiger partial charge in [-0.25, -0.2) is 0 Å². The maximum absolute atomic E-state index is 9.71. The predicted molar refractivity (Wildman–Crippen MR) is 119 cm³/mol. The van der Waals surface area contributed by atoms with Crippen molar-refractivity contribution < 1.29 is 9.84 Å². The summed E-state index contributed by atoms with van der Waals surface area (Å²) in [5.74, 6) is 1.07. The molecule has 3 aromatic rings. The van der Waals surface area contributed by atoms with Crippen LogP contribution in [0.5, 0.6) is 5.75 Å². The lowest BCUT2D eigenvalue weighted by Crippen LogP contribution is -2.25. The van der Waals surface area contributed by atoms with Crippen molar-refractivity contribution in [2.45, 2.75) is 45.4 Å². The third kappa shape index (κ3) is 6.18. The van der Waals surface area contributed by atoms with Crippen molar-refractivity contribution in [1.82, 2.24) is 5.32 Å². The van der Waals surface area contributed by atoms with Crippen LogP contribution in [0.25, 0.3) is 0 Å². The first-order chi connectivity index (χ1) is 14.2. The monoisotopic (exact) mass is 389 g/mol. The molecule has 0 fully saturated rings. The van der Waals surface area contributed by atoms with Crippen LogP contribution < -0.4 is 10.1 Å². The summed E-state index contributed by atoms with van der Waals surface area (Å²) in [5, 5.41) is 13.2. The largest absolute Gasteiger partial charge is 0.489 e. The Morgan fingerprint density at radius 2 is 1.55 bits per heavy atom. The van der Waals surface area contributed by atoms with Gasteiger partial charge in [0.2, 0.25) is 0 Å². The molecule has 3 heteroatoms. The van der Waals surface area contributed by atoms with Gasteiger partial charge in [0, 0.05) is 17.5 Å². The minimum Gasteiger partial charge on any atom is -0.489 e. The Kier molecular flexibility index (Phi) is 7.85. The van der Waals surface area contributed by atoms with E-state index in [1.165, 1.54) is 5.56 Å². The molecule has 152 valence electrons. The van der Waals surface area contributed by atoms with Crippen LogP contribution >= 0.6 is 0 Å². The summed E-state index contributed by atoms with van der Waals surface area (Å²) in [7, 11) is 0. The first kappa shape index (κ1) is 21.1. The van der Waals surface area contributed by atoms with Crippen molar-refractivity contribution >= 4 is 0 Å². The van der Waals surface area contributed by atoms with Crippen LogP contribution in [0.3, 0.4) is 0 Å². The summed E-state index contributed by atoms with van der Waals surface area (Å²) in [4.78, 5) is 0. The lowest BCUT2D eigenvalue weighted by Gasteiger charge is -2.23. The van der Waals surface area contributed by atoms with E-state index in [0.29, 0.717) is 12.6 Å². The molecule has 3 nitrogen and oxygen atoms in total. The summed E-state index contributed by atoms with van der Waals surface area (Å²) in [6, 6.07) is 27.2. The molecule has 0 heterocycles. The van der Waals surface area contributed by atoms with Crippen LogP contribution in [0.15, 0.2) is 78.9 Å². The van der Waals surface area contributed by atoms with Crippen molar-refractivity contribution in [2.24, 2.45) is 0 Å². The average Bonchev–Trinajstić information content (AvgIpc) is 2.76. The normalized spacial score (nSPS) is 12.1. The summed E-state index contributed by atoms with van der Waals surface area (Å²) in [6.45, 7) is 5.80. The Labute approximate surface area is 174 Å². The van der Waals surface area contributed by atoms with Gasteiger partial charge in [-0.05, 0) is 41.8 Å². The van der Waals surface area contributed by atoms with Gasteiger partial charge in [0.05, 0.1) is 6.61 Å². The van der Waals surface area contributed by atoms with Gasteiger partial charge in [0.15, 0.2) is 0 Å². The van der Waals surface area contributed by atoms with Gasteiger partial charge in [0.25, 0.3) is 0 Å². The fraction of sp³-hybridized carbons (Fsp3) is 0.308. The number of hydrogen-bond acceptors (Lipinski definition) is 3. The van der Waals surface area contributed by atoms with E-state index in [0.717, 1.165) is 35.4 Å². The van der Waals surface area contributed by atoms with E-state index in [1.807, 2.05) is 36.4 Å². The van der Waals surface area contributed by atoms with E-state index in [4.69, 9.17) is 4.74 Å². The Bertz CT molecular complexity index is 862.